The maximum atomic E-state index is 11.7. The van der Waals surface area contributed by atoms with Gasteiger partial charge >= 0.3 is 0 Å². The summed E-state index contributed by atoms with van der Waals surface area (Å²) in [5, 5.41) is 0. The van der Waals surface area contributed by atoms with E-state index in [1.807, 2.05) is 0 Å². The highest BCUT2D eigenvalue weighted by molar-refractivity contribution is 5.76. The molecule has 0 spiro atoms. The molecular weight excluding hydrogens is 280 g/mol. The van der Waals surface area contributed by atoms with Crippen LogP contribution in [0, 0.1) is 11.3 Å². The standard InChI is InChI=1S/C17H30N2O3/c1-18(2)16(20)11-21-13-17-7-3-9-22-15(17)6-8-19(12-17)10-14-4-5-14/h14-15H,3-13H2,1-2H3. The lowest BCUT2D eigenvalue weighted by Crippen LogP contribution is -2.57. The first-order valence-corrected chi connectivity index (χ1v) is 8.71. The van der Waals surface area contributed by atoms with Crippen LogP contribution in [0.3, 0.4) is 0 Å². The molecule has 0 aromatic carbocycles. The van der Waals surface area contributed by atoms with Crippen molar-refractivity contribution in [2.45, 2.75) is 38.2 Å². The molecule has 126 valence electrons. The summed E-state index contributed by atoms with van der Waals surface area (Å²) in [6.07, 6.45) is 6.49. The minimum absolute atomic E-state index is 0.0373. The van der Waals surface area contributed by atoms with Crippen molar-refractivity contribution in [2.75, 3.05) is 53.6 Å². The Bertz CT molecular complexity index is 397. The Balaban J connectivity index is 1.57. The Hall–Kier alpha value is -0.650. The Morgan fingerprint density at radius 2 is 2.18 bits per heavy atom. The predicted octanol–water partition coefficient (Wildman–Crippen LogP) is 1.37. The molecule has 1 saturated carbocycles. The summed E-state index contributed by atoms with van der Waals surface area (Å²) in [7, 11) is 3.54. The van der Waals surface area contributed by atoms with Crippen LogP contribution in [0.4, 0.5) is 0 Å². The maximum absolute atomic E-state index is 11.7. The highest BCUT2D eigenvalue weighted by Gasteiger charge is 2.46. The molecule has 0 aromatic heterocycles. The van der Waals surface area contributed by atoms with E-state index in [2.05, 4.69) is 4.90 Å². The van der Waals surface area contributed by atoms with Crippen molar-refractivity contribution < 1.29 is 14.3 Å². The second-order valence-corrected chi connectivity index (χ2v) is 7.57. The van der Waals surface area contributed by atoms with Gasteiger partial charge in [-0.1, -0.05) is 0 Å². The predicted molar refractivity (Wildman–Crippen MR) is 84.7 cm³/mol. The van der Waals surface area contributed by atoms with Crippen molar-refractivity contribution in [1.29, 1.82) is 0 Å². The third kappa shape index (κ3) is 3.81. The fraction of sp³-hybridized carbons (Fsp3) is 0.941. The molecule has 22 heavy (non-hydrogen) atoms. The highest BCUT2D eigenvalue weighted by atomic mass is 16.5. The summed E-state index contributed by atoms with van der Waals surface area (Å²) in [5.41, 5.74) is 0.0952. The fourth-order valence-electron chi connectivity index (χ4n) is 3.89. The van der Waals surface area contributed by atoms with E-state index in [9.17, 15) is 4.79 Å². The van der Waals surface area contributed by atoms with E-state index in [1.54, 1.807) is 19.0 Å². The second kappa shape index (κ2) is 6.85. The number of likely N-dealkylation sites (N-methyl/N-ethyl adjacent to an activating group) is 1. The van der Waals surface area contributed by atoms with Crippen molar-refractivity contribution in [3.8, 4) is 0 Å². The third-order valence-corrected chi connectivity index (χ3v) is 5.39. The summed E-state index contributed by atoms with van der Waals surface area (Å²) in [4.78, 5) is 15.9. The van der Waals surface area contributed by atoms with Crippen LogP contribution in [-0.2, 0) is 14.3 Å². The van der Waals surface area contributed by atoms with Gasteiger partial charge in [0.2, 0.25) is 5.91 Å². The van der Waals surface area contributed by atoms with Crippen LogP contribution in [0.2, 0.25) is 0 Å². The molecular formula is C17H30N2O3. The number of ether oxygens (including phenoxy) is 2. The van der Waals surface area contributed by atoms with Crippen molar-refractivity contribution in [1.82, 2.24) is 9.80 Å². The average molecular weight is 310 g/mol. The number of nitrogens with zero attached hydrogens (tertiary/aromatic N) is 2. The summed E-state index contributed by atoms with van der Waals surface area (Å²) in [5.74, 6) is 0.963. The van der Waals surface area contributed by atoms with Gasteiger partial charge in [0.05, 0.1) is 12.7 Å². The van der Waals surface area contributed by atoms with Gasteiger partial charge in [0.1, 0.15) is 6.61 Å². The Kier molecular flexibility index (Phi) is 5.05. The molecule has 3 fully saturated rings. The molecule has 2 saturated heterocycles. The van der Waals surface area contributed by atoms with Gasteiger partial charge < -0.3 is 19.3 Å². The molecule has 5 heteroatoms. The molecule has 0 N–H and O–H groups in total. The molecule has 1 amide bonds. The average Bonchev–Trinajstić information content (AvgIpc) is 3.30. The van der Waals surface area contributed by atoms with Crippen LogP contribution in [0.25, 0.3) is 0 Å². The van der Waals surface area contributed by atoms with Gasteiger partial charge in [-0.05, 0) is 38.0 Å². The molecule has 0 aromatic rings. The Labute approximate surface area is 133 Å². The zero-order chi connectivity index (χ0) is 15.6. The van der Waals surface area contributed by atoms with Crippen molar-refractivity contribution in [2.24, 2.45) is 11.3 Å². The molecule has 0 radical (unpaired) electrons. The number of hydrogen-bond acceptors (Lipinski definition) is 4. The summed E-state index contributed by atoms with van der Waals surface area (Å²) < 4.78 is 11.9. The molecule has 1 aliphatic carbocycles. The first kappa shape index (κ1) is 16.2. The minimum Gasteiger partial charge on any atom is -0.377 e. The Morgan fingerprint density at radius 3 is 2.91 bits per heavy atom. The van der Waals surface area contributed by atoms with Crippen LogP contribution < -0.4 is 0 Å². The molecule has 2 aliphatic heterocycles. The van der Waals surface area contributed by atoms with Crippen LogP contribution in [0.1, 0.15) is 32.1 Å². The van der Waals surface area contributed by atoms with Crippen molar-refractivity contribution >= 4 is 5.91 Å². The lowest BCUT2D eigenvalue weighted by atomic mass is 9.73. The van der Waals surface area contributed by atoms with E-state index in [1.165, 1.54) is 19.4 Å². The zero-order valence-electron chi connectivity index (χ0n) is 14.1. The fourth-order valence-corrected chi connectivity index (χ4v) is 3.89. The first-order chi connectivity index (χ1) is 10.6. The summed E-state index contributed by atoms with van der Waals surface area (Å²) >= 11 is 0. The van der Waals surface area contributed by atoms with Gasteiger partial charge in [-0.3, -0.25) is 4.79 Å². The normalized spacial score (nSPS) is 32.5. The summed E-state index contributed by atoms with van der Waals surface area (Å²) in [6.45, 7) is 5.18. The number of hydrogen-bond donors (Lipinski definition) is 0. The monoisotopic (exact) mass is 310 g/mol. The van der Waals surface area contributed by atoms with Gasteiger partial charge in [0.25, 0.3) is 0 Å². The molecule has 0 bridgehead atoms. The van der Waals surface area contributed by atoms with Crippen molar-refractivity contribution in [3.63, 3.8) is 0 Å². The van der Waals surface area contributed by atoms with Crippen LogP contribution in [0.5, 0.6) is 0 Å². The first-order valence-electron chi connectivity index (χ1n) is 8.71. The van der Waals surface area contributed by atoms with E-state index in [4.69, 9.17) is 9.47 Å². The molecule has 2 heterocycles. The second-order valence-electron chi connectivity index (χ2n) is 7.57. The van der Waals surface area contributed by atoms with Gasteiger partial charge in [-0.2, -0.15) is 0 Å². The molecule has 3 aliphatic rings. The maximum Gasteiger partial charge on any atom is 0.248 e. The van der Waals surface area contributed by atoms with Crippen LogP contribution in [0.15, 0.2) is 0 Å². The lowest BCUT2D eigenvalue weighted by Gasteiger charge is -2.50. The number of rotatable bonds is 6. The highest BCUT2D eigenvalue weighted by Crippen LogP contribution is 2.41. The number of amides is 1. The van der Waals surface area contributed by atoms with Crippen LogP contribution in [-0.4, -0.2) is 75.4 Å². The van der Waals surface area contributed by atoms with Crippen LogP contribution >= 0.6 is 0 Å². The number of likely N-dealkylation sites (tertiary alicyclic amines) is 1. The lowest BCUT2D eigenvalue weighted by molar-refractivity contribution is -0.159. The molecule has 2 unspecified atom stereocenters. The smallest absolute Gasteiger partial charge is 0.248 e. The molecule has 5 nitrogen and oxygen atoms in total. The minimum atomic E-state index is 0.0373. The largest absolute Gasteiger partial charge is 0.377 e. The number of carbonyl (C=O) groups is 1. The number of piperidine rings is 1. The zero-order valence-corrected chi connectivity index (χ0v) is 14.1. The van der Waals surface area contributed by atoms with Gasteiger partial charge in [-0.25, -0.2) is 0 Å². The number of fused-ring (bicyclic) bond motifs is 1. The molecule has 3 rings (SSSR count). The van der Waals surface area contributed by atoms with Crippen molar-refractivity contribution in [3.05, 3.63) is 0 Å². The van der Waals surface area contributed by atoms with E-state index in [0.29, 0.717) is 12.7 Å². The van der Waals surface area contributed by atoms with Gasteiger partial charge in [0, 0.05) is 45.8 Å². The topological polar surface area (TPSA) is 42.0 Å². The van der Waals surface area contributed by atoms with Gasteiger partial charge in [0.15, 0.2) is 0 Å². The molecule has 2 atom stereocenters. The summed E-state index contributed by atoms with van der Waals surface area (Å²) in [6, 6.07) is 0. The quantitative estimate of drug-likeness (QED) is 0.743. The van der Waals surface area contributed by atoms with Gasteiger partial charge in [-0.15, -0.1) is 0 Å². The number of carbonyl (C=O) groups excluding carboxylic acids is 1. The van der Waals surface area contributed by atoms with E-state index in [0.717, 1.165) is 44.9 Å². The third-order valence-electron chi connectivity index (χ3n) is 5.39. The van der Waals surface area contributed by atoms with E-state index < -0.39 is 0 Å². The van der Waals surface area contributed by atoms with E-state index >= 15 is 0 Å². The SMILES string of the molecule is CN(C)C(=O)COCC12CCCOC1CCN(CC1CC1)C2. The van der Waals surface area contributed by atoms with E-state index in [-0.39, 0.29) is 17.9 Å². The Morgan fingerprint density at radius 1 is 1.36 bits per heavy atom.